The Hall–Kier alpha value is -0.940. The minimum Gasteiger partial charge on any atom is -0.185 e. The summed E-state index contributed by atoms with van der Waals surface area (Å²) in [5.41, 5.74) is 2.67. The van der Waals surface area contributed by atoms with Crippen LogP contribution in [0.4, 0.5) is 0 Å². The highest BCUT2D eigenvalue weighted by atomic mass is 32.2. The Labute approximate surface area is 90.1 Å². The summed E-state index contributed by atoms with van der Waals surface area (Å²) < 4.78 is 0. The molecule has 0 bridgehead atoms. The van der Waals surface area contributed by atoms with Gasteiger partial charge in [0, 0.05) is 5.75 Å². The lowest BCUT2D eigenvalue weighted by molar-refractivity contribution is 0.741. The molecule has 1 aromatic rings. The van der Waals surface area contributed by atoms with Crippen molar-refractivity contribution in [2.45, 2.75) is 26.2 Å². The molecule has 14 heavy (non-hydrogen) atoms. The Morgan fingerprint density at radius 2 is 2.00 bits per heavy atom. The lowest BCUT2D eigenvalue weighted by Crippen LogP contribution is -1.94. The molecule has 1 unspecified atom stereocenters. The van der Waals surface area contributed by atoms with Crippen molar-refractivity contribution in [1.29, 1.82) is 5.26 Å². The van der Waals surface area contributed by atoms with E-state index in [0.29, 0.717) is 5.92 Å². The van der Waals surface area contributed by atoms with Crippen molar-refractivity contribution < 1.29 is 0 Å². The highest BCUT2D eigenvalue weighted by Crippen LogP contribution is 2.21. The van der Waals surface area contributed by atoms with E-state index in [2.05, 4.69) is 43.5 Å². The molecule has 2 heteroatoms. The first-order valence-electron chi connectivity index (χ1n) is 4.81. The molecule has 0 amide bonds. The Balaban J connectivity index is 2.48. The first kappa shape index (κ1) is 11.1. The average molecular weight is 205 g/mol. The second-order valence-electron chi connectivity index (χ2n) is 3.54. The number of nitrogens with zero attached hydrogens (tertiary/aromatic N) is 1. The van der Waals surface area contributed by atoms with Crippen LogP contribution in [0.15, 0.2) is 24.3 Å². The number of nitriles is 1. The molecule has 0 aliphatic heterocycles. The van der Waals surface area contributed by atoms with E-state index in [1.54, 1.807) is 0 Å². The second kappa shape index (κ2) is 5.72. The summed E-state index contributed by atoms with van der Waals surface area (Å²) in [6, 6.07) is 8.64. The van der Waals surface area contributed by atoms with Crippen LogP contribution in [0.2, 0.25) is 0 Å². The molecular weight excluding hydrogens is 190 g/mol. The molecular formula is C12H15NS. The summed E-state index contributed by atoms with van der Waals surface area (Å²) in [5, 5.41) is 10.5. The van der Waals surface area contributed by atoms with Crippen molar-refractivity contribution in [2.75, 3.05) is 5.75 Å². The lowest BCUT2D eigenvalue weighted by Gasteiger charge is -2.10. The van der Waals surface area contributed by atoms with Gasteiger partial charge in [-0.25, -0.2) is 0 Å². The zero-order valence-electron chi connectivity index (χ0n) is 8.66. The maximum Gasteiger partial charge on any atom is 0.133 e. The molecule has 0 radical (unpaired) electrons. The van der Waals surface area contributed by atoms with Gasteiger partial charge in [0.05, 0.1) is 0 Å². The van der Waals surface area contributed by atoms with Crippen molar-refractivity contribution in [3.05, 3.63) is 35.4 Å². The largest absolute Gasteiger partial charge is 0.185 e. The molecule has 1 nitrogen and oxygen atoms in total. The molecule has 0 aromatic heterocycles. The first-order valence-corrected chi connectivity index (χ1v) is 5.80. The number of hydrogen-bond acceptors (Lipinski definition) is 2. The van der Waals surface area contributed by atoms with Crippen molar-refractivity contribution in [2.24, 2.45) is 0 Å². The van der Waals surface area contributed by atoms with Crippen molar-refractivity contribution >= 4 is 11.8 Å². The third kappa shape index (κ3) is 3.43. The van der Waals surface area contributed by atoms with Crippen molar-refractivity contribution in [3.8, 4) is 5.40 Å². The number of aryl methyl sites for hydroxylation is 1. The van der Waals surface area contributed by atoms with E-state index >= 15 is 0 Å². The van der Waals surface area contributed by atoms with Gasteiger partial charge in [-0.2, -0.15) is 5.26 Å². The zero-order valence-corrected chi connectivity index (χ0v) is 9.47. The summed E-state index contributed by atoms with van der Waals surface area (Å²) in [5.74, 6) is 1.47. The second-order valence-corrected chi connectivity index (χ2v) is 4.42. The number of thioether (sulfide) groups is 1. The predicted molar refractivity (Wildman–Crippen MR) is 62.3 cm³/mol. The van der Waals surface area contributed by atoms with Gasteiger partial charge in [-0.15, -0.1) is 0 Å². The van der Waals surface area contributed by atoms with Crippen LogP contribution in [0.3, 0.4) is 0 Å². The molecule has 1 atom stereocenters. The van der Waals surface area contributed by atoms with Crippen molar-refractivity contribution in [1.82, 2.24) is 0 Å². The third-order valence-electron chi connectivity index (χ3n) is 2.36. The Bertz CT molecular complexity index is 310. The Morgan fingerprint density at radius 3 is 2.57 bits per heavy atom. The van der Waals surface area contributed by atoms with Gasteiger partial charge in [0.1, 0.15) is 5.40 Å². The smallest absolute Gasteiger partial charge is 0.133 e. The predicted octanol–water partition coefficient (Wildman–Crippen LogP) is 3.70. The van der Waals surface area contributed by atoms with E-state index in [9.17, 15) is 0 Å². The average Bonchev–Trinajstić information content (AvgIpc) is 2.19. The van der Waals surface area contributed by atoms with Gasteiger partial charge in [-0.1, -0.05) is 36.8 Å². The third-order valence-corrected chi connectivity index (χ3v) is 2.93. The van der Waals surface area contributed by atoms with Crippen LogP contribution >= 0.6 is 11.8 Å². The summed E-state index contributed by atoms with van der Waals surface area (Å²) in [4.78, 5) is 0. The summed E-state index contributed by atoms with van der Waals surface area (Å²) in [7, 11) is 0. The van der Waals surface area contributed by atoms with Crippen LogP contribution in [0.1, 0.15) is 30.4 Å². The van der Waals surface area contributed by atoms with Crippen LogP contribution in [-0.4, -0.2) is 5.75 Å². The van der Waals surface area contributed by atoms with Gasteiger partial charge in [0.2, 0.25) is 0 Å². The quantitative estimate of drug-likeness (QED) is 0.552. The van der Waals surface area contributed by atoms with Crippen LogP contribution in [0.5, 0.6) is 0 Å². The molecule has 0 saturated heterocycles. The number of thiocyanates is 1. The molecule has 0 aliphatic carbocycles. The first-order chi connectivity index (χ1) is 6.74. The Morgan fingerprint density at radius 1 is 1.36 bits per heavy atom. The van der Waals surface area contributed by atoms with Crippen LogP contribution < -0.4 is 0 Å². The number of hydrogen-bond donors (Lipinski definition) is 0. The fourth-order valence-electron chi connectivity index (χ4n) is 1.34. The minimum absolute atomic E-state index is 0.552. The van der Waals surface area contributed by atoms with Crippen LogP contribution in [-0.2, 0) is 0 Å². The van der Waals surface area contributed by atoms with E-state index < -0.39 is 0 Å². The lowest BCUT2D eigenvalue weighted by atomic mass is 9.98. The number of rotatable bonds is 4. The normalized spacial score (nSPS) is 12.1. The van der Waals surface area contributed by atoms with E-state index in [0.717, 1.165) is 12.2 Å². The summed E-state index contributed by atoms with van der Waals surface area (Å²) >= 11 is 1.34. The molecule has 1 rings (SSSR count). The molecule has 0 spiro atoms. The molecule has 0 aliphatic rings. The molecule has 0 saturated carbocycles. The molecule has 0 fully saturated rings. The molecule has 74 valence electrons. The summed E-state index contributed by atoms with van der Waals surface area (Å²) in [6.07, 6.45) is 1.07. The maximum absolute atomic E-state index is 8.40. The standard InChI is InChI=1S/C12H15NS/c1-10-3-5-12(6-4-10)11(2)7-8-14-9-13/h3-6,11H,7-8H2,1-2H3. The van der Waals surface area contributed by atoms with E-state index in [-0.39, 0.29) is 0 Å². The highest BCUT2D eigenvalue weighted by molar-refractivity contribution is 8.03. The van der Waals surface area contributed by atoms with Crippen molar-refractivity contribution in [3.63, 3.8) is 0 Å². The van der Waals surface area contributed by atoms with Gasteiger partial charge in [0.25, 0.3) is 0 Å². The fourth-order valence-corrected chi connectivity index (χ4v) is 1.91. The SMILES string of the molecule is Cc1ccc(C(C)CCSC#N)cc1. The fraction of sp³-hybridized carbons (Fsp3) is 0.417. The molecule has 0 heterocycles. The van der Waals surface area contributed by atoms with Crippen LogP contribution in [0, 0.1) is 17.6 Å². The zero-order chi connectivity index (χ0) is 10.4. The van der Waals surface area contributed by atoms with E-state index in [4.69, 9.17) is 5.26 Å². The van der Waals surface area contributed by atoms with Gasteiger partial charge in [0.15, 0.2) is 0 Å². The Kier molecular flexibility index (Phi) is 4.55. The maximum atomic E-state index is 8.40. The van der Waals surface area contributed by atoms with Gasteiger partial charge in [-0.05, 0) is 36.6 Å². The van der Waals surface area contributed by atoms with Gasteiger partial charge >= 0.3 is 0 Å². The highest BCUT2D eigenvalue weighted by Gasteiger charge is 2.04. The molecule has 1 aromatic carbocycles. The van der Waals surface area contributed by atoms with E-state index in [1.165, 1.54) is 22.9 Å². The van der Waals surface area contributed by atoms with Crippen LogP contribution in [0.25, 0.3) is 0 Å². The number of benzene rings is 1. The van der Waals surface area contributed by atoms with E-state index in [1.807, 2.05) is 0 Å². The topological polar surface area (TPSA) is 23.8 Å². The monoisotopic (exact) mass is 205 g/mol. The van der Waals surface area contributed by atoms with Gasteiger partial charge < -0.3 is 0 Å². The van der Waals surface area contributed by atoms with Gasteiger partial charge in [-0.3, -0.25) is 0 Å². The minimum atomic E-state index is 0.552. The molecule has 0 N–H and O–H groups in total. The summed E-state index contributed by atoms with van der Waals surface area (Å²) in [6.45, 7) is 4.31.